The highest BCUT2D eigenvalue weighted by Crippen LogP contribution is 2.58. The second-order valence-corrected chi connectivity index (χ2v) is 7.57. The molecule has 1 amide bonds. The van der Waals surface area contributed by atoms with Gasteiger partial charge in [-0.05, 0) is 26.2 Å². The van der Waals surface area contributed by atoms with Crippen LogP contribution in [0.2, 0.25) is 0 Å². The Bertz CT molecular complexity index is 425. The number of ether oxygens (including phenoxy) is 1. The maximum absolute atomic E-state index is 12.9. The molecule has 3 N–H and O–H groups in total. The Morgan fingerprint density at radius 1 is 1.30 bits per heavy atom. The third-order valence-corrected chi connectivity index (χ3v) is 5.94. The molecule has 0 aromatic heterocycles. The van der Waals surface area contributed by atoms with Crippen molar-refractivity contribution in [3.05, 3.63) is 0 Å². The van der Waals surface area contributed by atoms with Crippen LogP contribution in [0.3, 0.4) is 0 Å². The van der Waals surface area contributed by atoms with Crippen LogP contribution < -0.4 is 5.73 Å². The first-order valence-electron chi connectivity index (χ1n) is 7.62. The van der Waals surface area contributed by atoms with E-state index in [9.17, 15) is 9.90 Å². The van der Waals surface area contributed by atoms with Crippen molar-refractivity contribution < 1.29 is 14.6 Å². The third-order valence-electron chi connectivity index (χ3n) is 5.94. The molecule has 3 rings (SSSR count). The molecule has 3 unspecified atom stereocenters. The predicted molar refractivity (Wildman–Crippen MR) is 75.0 cm³/mol. The second-order valence-electron chi connectivity index (χ2n) is 7.57. The van der Waals surface area contributed by atoms with Crippen molar-refractivity contribution in [2.75, 3.05) is 19.7 Å². The smallest absolute Gasteiger partial charge is 0.243 e. The number of hydrogen-bond donors (Lipinski definition) is 2. The van der Waals surface area contributed by atoms with Crippen molar-refractivity contribution in [3.63, 3.8) is 0 Å². The molecule has 5 heteroatoms. The first kappa shape index (κ1) is 14.3. The van der Waals surface area contributed by atoms with Crippen LogP contribution in [-0.4, -0.2) is 52.9 Å². The number of fused-ring (bicyclic) bond motifs is 1. The summed E-state index contributed by atoms with van der Waals surface area (Å²) in [7, 11) is 0. The van der Waals surface area contributed by atoms with E-state index in [1.165, 1.54) is 0 Å². The Morgan fingerprint density at radius 2 is 1.90 bits per heavy atom. The lowest BCUT2D eigenvalue weighted by Crippen LogP contribution is -2.80. The molecule has 114 valence electrons. The maximum atomic E-state index is 12.9. The van der Waals surface area contributed by atoms with Crippen LogP contribution in [0, 0.1) is 11.3 Å². The number of hydrogen-bond acceptors (Lipinski definition) is 4. The SMILES string of the molecule is CC1(O)CCN(C(=O)C2(N)C3CCOC3C2(C)C)CC1. The highest BCUT2D eigenvalue weighted by atomic mass is 16.5. The Hall–Kier alpha value is -0.650. The van der Waals surface area contributed by atoms with E-state index in [4.69, 9.17) is 10.5 Å². The fourth-order valence-electron chi connectivity index (χ4n) is 4.27. The van der Waals surface area contributed by atoms with E-state index in [1.54, 1.807) is 0 Å². The third kappa shape index (κ3) is 1.69. The number of carbonyl (C=O) groups excluding carboxylic acids is 1. The monoisotopic (exact) mass is 282 g/mol. The largest absolute Gasteiger partial charge is 0.390 e. The van der Waals surface area contributed by atoms with Gasteiger partial charge in [0.05, 0.1) is 11.7 Å². The molecule has 0 radical (unpaired) electrons. The average Bonchev–Trinajstić information content (AvgIpc) is 2.85. The minimum absolute atomic E-state index is 0.0461. The predicted octanol–water partition coefficient (Wildman–Crippen LogP) is 0.502. The standard InChI is InChI=1S/C15H26N2O3/c1-13(2)11-10(4-9-20-11)15(13,16)12(18)17-7-5-14(3,19)6-8-17/h10-11,19H,4-9,16H2,1-3H3. The summed E-state index contributed by atoms with van der Waals surface area (Å²) in [4.78, 5) is 14.8. The first-order chi connectivity index (χ1) is 9.20. The number of amides is 1. The Morgan fingerprint density at radius 3 is 2.50 bits per heavy atom. The zero-order chi connectivity index (χ0) is 14.8. The molecular formula is C15H26N2O3. The normalized spacial score (nSPS) is 42.0. The highest BCUT2D eigenvalue weighted by Gasteiger charge is 2.72. The molecule has 20 heavy (non-hydrogen) atoms. The molecule has 0 bridgehead atoms. The van der Waals surface area contributed by atoms with Crippen molar-refractivity contribution in [1.29, 1.82) is 0 Å². The van der Waals surface area contributed by atoms with Gasteiger partial charge < -0.3 is 20.5 Å². The van der Waals surface area contributed by atoms with Crippen LogP contribution in [0.25, 0.3) is 0 Å². The van der Waals surface area contributed by atoms with E-state index in [0.29, 0.717) is 32.5 Å². The molecule has 0 aromatic rings. The topological polar surface area (TPSA) is 75.8 Å². The van der Waals surface area contributed by atoms with Gasteiger partial charge in [-0.1, -0.05) is 13.8 Å². The minimum Gasteiger partial charge on any atom is -0.390 e. The molecule has 5 nitrogen and oxygen atoms in total. The van der Waals surface area contributed by atoms with Gasteiger partial charge in [0.1, 0.15) is 5.54 Å². The summed E-state index contributed by atoms with van der Waals surface area (Å²) < 4.78 is 5.74. The number of aliphatic hydroxyl groups is 1. The van der Waals surface area contributed by atoms with E-state index in [0.717, 1.165) is 6.42 Å². The van der Waals surface area contributed by atoms with Gasteiger partial charge in [-0.25, -0.2) is 0 Å². The van der Waals surface area contributed by atoms with Gasteiger partial charge in [-0.2, -0.15) is 0 Å². The number of piperidine rings is 1. The lowest BCUT2D eigenvalue weighted by atomic mass is 9.47. The molecule has 2 saturated heterocycles. The van der Waals surface area contributed by atoms with Crippen molar-refractivity contribution in [1.82, 2.24) is 4.90 Å². The van der Waals surface area contributed by atoms with Crippen LogP contribution in [0.15, 0.2) is 0 Å². The van der Waals surface area contributed by atoms with Gasteiger partial charge in [-0.3, -0.25) is 4.79 Å². The Kier molecular flexibility index (Phi) is 2.99. The molecule has 3 atom stereocenters. The van der Waals surface area contributed by atoms with Crippen molar-refractivity contribution >= 4 is 5.91 Å². The molecule has 2 heterocycles. The summed E-state index contributed by atoms with van der Waals surface area (Å²) in [5.74, 6) is 0.192. The maximum Gasteiger partial charge on any atom is 0.243 e. The average molecular weight is 282 g/mol. The summed E-state index contributed by atoms with van der Waals surface area (Å²) in [6, 6.07) is 0. The van der Waals surface area contributed by atoms with Gasteiger partial charge in [0, 0.05) is 31.0 Å². The fraction of sp³-hybridized carbons (Fsp3) is 0.933. The van der Waals surface area contributed by atoms with Crippen molar-refractivity contribution in [2.45, 2.75) is 57.3 Å². The van der Waals surface area contributed by atoms with Crippen LogP contribution >= 0.6 is 0 Å². The summed E-state index contributed by atoms with van der Waals surface area (Å²) >= 11 is 0. The van der Waals surface area contributed by atoms with Crippen LogP contribution in [0.1, 0.15) is 40.0 Å². The lowest BCUT2D eigenvalue weighted by Gasteiger charge is -2.62. The zero-order valence-electron chi connectivity index (χ0n) is 12.7. The Labute approximate surface area is 120 Å². The van der Waals surface area contributed by atoms with Crippen LogP contribution in [0.5, 0.6) is 0 Å². The van der Waals surface area contributed by atoms with E-state index < -0.39 is 11.1 Å². The molecular weight excluding hydrogens is 256 g/mol. The number of likely N-dealkylation sites (tertiary alicyclic amines) is 1. The summed E-state index contributed by atoms with van der Waals surface area (Å²) in [6.45, 7) is 7.81. The van der Waals surface area contributed by atoms with E-state index in [-0.39, 0.29) is 23.3 Å². The number of nitrogens with two attached hydrogens (primary N) is 1. The van der Waals surface area contributed by atoms with E-state index >= 15 is 0 Å². The highest BCUT2D eigenvalue weighted by molar-refractivity contribution is 5.89. The minimum atomic E-state index is -0.808. The molecule has 2 aliphatic heterocycles. The molecule has 1 saturated carbocycles. The van der Waals surface area contributed by atoms with E-state index in [1.807, 2.05) is 25.7 Å². The zero-order valence-corrected chi connectivity index (χ0v) is 12.7. The summed E-state index contributed by atoms with van der Waals surface area (Å²) in [5, 5.41) is 10.0. The molecule has 1 aliphatic carbocycles. The van der Waals surface area contributed by atoms with Gasteiger partial charge in [0.15, 0.2) is 0 Å². The van der Waals surface area contributed by atoms with Gasteiger partial charge in [-0.15, -0.1) is 0 Å². The quantitative estimate of drug-likeness (QED) is 0.734. The number of carbonyl (C=O) groups is 1. The molecule has 0 spiro atoms. The molecule has 0 aromatic carbocycles. The second kappa shape index (κ2) is 4.18. The lowest BCUT2D eigenvalue weighted by molar-refractivity contribution is -0.186. The molecule has 3 aliphatic rings. The first-order valence-corrected chi connectivity index (χ1v) is 7.62. The van der Waals surface area contributed by atoms with Crippen molar-refractivity contribution in [2.24, 2.45) is 17.1 Å². The van der Waals surface area contributed by atoms with E-state index in [2.05, 4.69) is 0 Å². The van der Waals surface area contributed by atoms with Crippen LogP contribution in [0.4, 0.5) is 0 Å². The summed E-state index contributed by atoms with van der Waals surface area (Å²) in [5.41, 5.74) is 4.81. The fourth-order valence-corrected chi connectivity index (χ4v) is 4.27. The number of rotatable bonds is 1. The molecule has 3 fully saturated rings. The van der Waals surface area contributed by atoms with Gasteiger partial charge >= 0.3 is 0 Å². The van der Waals surface area contributed by atoms with Crippen molar-refractivity contribution in [3.8, 4) is 0 Å². The number of nitrogens with zero attached hydrogens (tertiary/aromatic N) is 1. The van der Waals surface area contributed by atoms with Gasteiger partial charge in [0.25, 0.3) is 0 Å². The van der Waals surface area contributed by atoms with Gasteiger partial charge in [0.2, 0.25) is 5.91 Å². The summed E-state index contributed by atoms with van der Waals surface area (Å²) in [6.07, 6.45) is 2.24. The Balaban J connectivity index is 1.77. The van der Waals surface area contributed by atoms with Crippen LogP contribution in [-0.2, 0) is 9.53 Å².